The molecule has 8 atom stereocenters. The number of ether oxygens (including phenoxy) is 4. The smallest absolute Gasteiger partial charge is 0.323 e. The maximum Gasteiger partial charge on any atom is 0.323 e. The van der Waals surface area contributed by atoms with Gasteiger partial charge < -0.3 is 29.6 Å². The van der Waals surface area contributed by atoms with Crippen LogP contribution in [0.2, 0.25) is 0 Å². The van der Waals surface area contributed by atoms with Crippen molar-refractivity contribution in [2.75, 3.05) is 26.4 Å². The van der Waals surface area contributed by atoms with Gasteiger partial charge in [0, 0.05) is 12.1 Å². The third kappa shape index (κ3) is 11.9. The first-order chi connectivity index (χ1) is 19.6. The summed E-state index contributed by atoms with van der Waals surface area (Å²) in [5.41, 5.74) is 0. The molecule has 2 saturated carbocycles. The van der Waals surface area contributed by atoms with Crippen molar-refractivity contribution in [3.05, 3.63) is 0 Å². The summed E-state index contributed by atoms with van der Waals surface area (Å²) in [5.74, 6) is 0.386. The van der Waals surface area contributed by atoms with Gasteiger partial charge in [-0.25, -0.2) is 0 Å². The maximum atomic E-state index is 12.5. The van der Waals surface area contributed by atoms with E-state index in [9.17, 15) is 19.2 Å². The zero-order chi connectivity index (χ0) is 30.4. The molecule has 0 saturated heterocycles. The Morgan fingerprint density at radius 3 is 1.29 bits per heavy atom. The van der Waals surface area contributed by atoms with Gasteiger partial charge in [-0.15, -0.1) is 0 Å². The van der Waals surface area contributed by atoms with Gasteiger partial charge in [0.1, 0.15) is 12.1 Å². The minimum absolute atomic E-state index is 0.0225. The third-order valence-corrected chi connectivity index (χ3v) is 8.55. The molecule has 2 fully saturated rings. The van der Waals surface area contributed by atoms with Crippen molar-refractivity contribution in [2.24, 2.45) is 23.7 Å². The predicted molar refractivity (Wildman–Crippen MR) is 155 cm³/mol. The van der Waals surface area contributed by atoms with E-state index in [-0.39, 0.29) is 51.4 Å². The molecule has 0 heterocycles. The van der Waals surface area contributed by atoms with Gasteiger partial charge in [-0.1, -0.05) is 13.8 Å². The van der Waals surface area contributed by atoms with Crippen LogP contribution in [0.4, 0.5) is 0 Å². The highest BCUT2D eigenvalue weighted by Gasteiger charge is 2.36. The number of carbonyl (C=O) groups excluding carboxylic acids is 4. The van der Waals surface area contributed by atoms with Crippen molar-refractivity contribution >= 4 is 23.9 Å². The zero-order valence-electron chi connectivity index (χ0n) is 26.1. The largest absolute Gasteiger partial charge is 0.466 e. The van der Waals surface area contributed by atoms with Gasteiger partial charge in [-0.3, -0.25) is 19.2 Å². The fourth-order valence-electron chi connectivity index (χ4n) is 6.61. The number of hydrogen-bond acceptors (Lipinski definition) is 10. The minimum atomic E-state index is -0.691. The minimum Gasteiger partial charge on any atom is -0.466 e. The summed E-state index contributed by atoms with van der Waals surface area (Å²) in [4.78, 5) is 49.2. The summed E-state index contributed by atoms with van der Waals surface area (Å²) in [7, 11) is 0. The molecule has 41 heavy (non-hydrogen) atoms. The molecular formula is C31H54N2O8. The van der Waals surface area contributed by atoms with Crippen molar-refractivity contribution in [2.45, 2.75) is 123 Å². The summed E-state index contributed by atoms with van der Waals surface area (Å²) < 4.78 is 20.6. The number of rotatable bonds is 16. The van der Waals surface area contributed by atoms with E-state index in [1.54, 1.807) is 27.7 Å². The first-order valence-corrected chi connectivity index (χ1v) is 15.8. The monoisotopic (exact) mass is 582 g/mol. The summed E-state index contributed by atoms with van der Waals surface area (Å²) in [6.45, 7) is 12.6. The second-order valence-corrected chi connectivity index (χ2v) is 11.7. The molecule has 2 rings (SSSR count). The lowest BCUT2D eigenvalue weighted by Gasteiger charge is -2.40. The lowest BCUT2D eigenvalue weighted by molar-refractivity contribution is -0.152. The average Bonchev–Trinajstić information content (AvgIpc) is 2.91. The van der Waals surface area contributed by atoms with Gasteiger partial charge in [-0.2, -0.15) is 0 Å². The topological polar surface area (TPSA) is 129 Å². The van der Waals surface area contributed by atoms with Gasteiger partial charge in [0.2, 0.25) is 0 Å². The highest BCUT2D eigenvalue weighted by molar-refractivity contribution is 5.83. The van der Waals surface area contributed by atoms with E-state index < -0.39 is 36.0 Å². The predicted octanol–water partition coefficient (Wildman–Crippen LogP) is 3.94. The van der Waals surface area contributed by atoms with E-state index in [2.05, 4.69) is 24.5 Å². The lowest BCUT2D eigenvalue weighted by Crippen LogP contribution is -2.50. The van der Waals surface area contributed by atoms with Gasteiger partial charge in [-0.05, 0) is 96.3 Å². The molecule has 10 nitrogen and oxygen atoms in total. The van der Waals surface area contributed by atoms with Crippen LogP contribution in [0.15, 0.2) is 0 Å². The summed E-state index contributed by atoms with van der Waals surface area (Å²) in [6.07, 6.45) is 7.33. The van der Waals surface area contributed by atoms with Crippen LogP contribution in [-0.4, -0.2) is 74.5 Å². The first kappa shape index (κ1) is 35.0. The summed E-state index contributed by atoms with van der Waals surface area (Å²) in [6, 6.07) is -1.09. The van der Waals surface area contributed by atoms with E-state index in [4.69, 9.17) is 18.9 Å². The molecule has 2 aliphatic rings. The van der Waals surface area contributed by atoms with Crippen LogP contribution < -0.4 is 10.6 Å². The zero-order valence-corrected chi connectivity index (χ0v) is 26.1. The van der Waals surface area contributed by atoms with Gasteiger partial charge in [0.25, 0.3) is 0 Å². The molecule has 0 amide bonds. The molecule has 0 aromatic heterocycles. The van der Waals surface area contributed by atoms with E-state index in [0.29, 0.717) is 23.7 Å². The van der Waals surface area contributed by atoms with Crippen LogP contribution in [0.5, 0.6) is 0 Å². The van der Waals surface area contributed by atoms with Gasteiger partial charge in [0.15, 0.2) is 0 Å². The quantitative estimate of drug-likeness (QED) is 0.204. The van der Waals surface area contributed by atoms with Crippen LogP contribution in [0, 0.1) is 23.7 Å². The van der Waals surface area contributed by atoms with E-state index >= 15 is 0 Å². The Hall–Kier alpha value is -2.20. The fraction of sp³-hybridized carbons (Fsp3) is 0.871. The molecule has 0 aromatic carbocycles. The van der Waals surface area contributed by atoms with Crippen molar-refractivity contribution in [3.63, 3.8) is 0 Å². The maximum absolute atomic E-state index is 12.5. The highest BCUT2D eigenvalue weighted by atomic mass is 16.5. The summed E-state index contributed by atoms with van der Waals surface area (Å²) >= 11 is 0. The highest BCUT2D eigenvalue weighted by Crippen LogP contribution is 2.39. The number of carbonyl (C=O) groups is 4. The first-order valence-electron chi connectivity index (χ1n) is 15.8. The number of hydrogen-bond donors (Lipinski definition) is 2. The Balaban J connectivity index is 1.87. The van der Waals surface area contributed by atoms with Crippen LogP contribution in [0.25, 0.3) is 0 Å². The molecule has 0 radical (unpaired) electrons. The molecule has 0 aliphatic heterocycles. The average molecular weight is 583 g/mol. The van der Waals surface area contributed by atoms with Crippen LogP contribution >= 0.6 is 0 Å². The van der Waals surface area contributed by atoms with Crippen LogP contribution in [0.3, 0.4) is 0 Å². The molecule has 10 heteroatoms. The molecule has 2 aliphatic carbocycles. The van der Waals surface area contributed by atoms with E-state index in [1.807, 2.05) is 0 Å². The van der Waals surface area contributed by atoms with E-state index in [1.165, 1.54) is 6.42 Å². The van der Waals surface area contributed by atoms with Crippen molar-refractivity contribution in [3.8, 4) is 0 Å². The number of nitrogens with one attached hydrogen (secondary N) is 2. The Morgan fingerprint density at radius 2 is 0.976 bits per heavy atom. The molecule has 8 unspecified atom stereocenters. The second-order valence-electron chi connectivity index (χ2n) is 11.7. The van der Waals surface area contributed by atoms with Gasteiger partial charge >= 0.3 is 23.9 Å². The molecule has 0 bridgehead atoms. The van der Waals surface area contributed by atoms with E-state index in [0.717, 1.165) is 38.5 Å². The molecule has 2 N–H and O–H groups in total. The molecule has 0 spiro atoms. The standard InChI is InChI=1S/C31H54N2O8/c1-7-38-28(34)18-26(30(36)40-9-3)32-24-13-11-22(15-20(24)5)17-23-12-14-25(21(6)16-23)33-27(31(37)41-10-4)19-29(35)39-8-2/h20-27,32-33H,7-19H2,1-6H3. The number of esters is 4. The Kier molecular flexibility index (Phi) is 15.7. The fourth-order valence-corrected chi connectivity index (χ4v) is 6.61. The lowest BCUT2D eigenvalue weighted by atomic mass is 9.70. The molecular weight excluding hydrogens is 528 g/mol. The van der Waals surface area contributed by atoms with Crippen molar-refractivity contribution < 1.29 is 38.1 Å². The van der Waals surface area contributed by atoms with Gasteiger partial charge in [0.05, 0.1) is 39.3 Å². The molecule has 0 aromatic rings. The normalized spacial score (nSPS) is 27.8. The van der Waals surface area contributed by atoms with Crippen molar-refractivity contribution in [1.82, 2.24) is 10.6 Å². The Labute approximate surface area is 246 Å². The summed E-state index contributed by atoms with van der Waals surface area (Å²) in [5, 5.41) is 6.84. The van der Waals surface area contributed by atoms with Crippen LogP contribution in [0.1, 0.15) is 99.3 Å². The Bertz CT molecular complexity index is 771. The molecule has 236 valence electrons. The van der Waals surface area contributed by atoms with Crippen molar-refractivity contribution in [1.29, 1.82) is 0 Å². The third-order valence-electron chi connectivity index (χ3n) is 8.55. The van der Waals surface area contributed by atoms with Crippen LogP contribution in [-0.2, 0) is 38.1 Å². The second kappa shape index (κ2) is 18.4. The SMILES string of the molecule is CCOC(=O)CC(NC1CCC(CC2CCC(NC(CC(=O)OCC)C(=O)OCC)C(C)C2)CC1C)C(=O)OCC. The Morgan fingerprint density at radius 1 is 0.610 bits per heavy atom.